The van der Waals surface area contributed by atoms with E-state index in [1.165, 1.54) is 9.80 Å². The average molecular weight is 873 g/mol. The van der Waals surface area contributed by atoms with E-state index >= 15 is 0 Å². The van der Waals surface area contributed by atoms with Gasteiger partial charge in [-0.25, -0.2) is 0 Å². The number of fused-ring (bicyclic) bond motifs is 2. The Morgan fingerprint density at radius 3 is 1.59 bits per heavy atom. The molecule has 0 bridgehead atoms. The van der Waals surface area contributed by atoms with Gasteiger partial charge in [-0.2, -0.15) is 0 Å². The second kappa shape index (κ2) is 21.5. The quantitative estimate of drug-likeness (QED) is 0.200. The molecule has 0 radical (unpaired) electrons. The van der Waals surface area contributed by atoms with Crippen molar-refractivity contribution in [3.05, 3.63) is 71.8 Å². The number of carbonyl (C=O) groups is 8. The van der Waals surface area contributed by atoms with Gasteiger partial charge in [-0.15, -0.1) is 0 Å². The SMILES string of the molecule is CC[C@H](C)[C@@H]1NC(=O)[C@H]([C@@H](C)OC(C)(C)C)NC(=O)[C@H](Cc2ccccc2)NC(=O)[C@@H]2CCCN2C(=O)[C@H](CC(N)=O)NC(=O)[C@@H]2CCCN2C(=O)[C@H](Cc2ccccc2)NC1=O. The van der Waals surface area contributed by atoms with Crippen molar-refractivity contribution in [3.8, 4) is 0 Å². The van der Waals surface area contributed by atoms with E-state index in [4.69, 9.17) is 10.5 Å². The fourth-order valence-corrected chi connectivity index (χ4v) is 8.53. The van der Waals surface area contributed by atoms with Crippen LogP contribution in [0.1, 0.15) is 91.2 Å². The fourth-order valence-electron chi connectivity index (χ4n) is 8.53. The summed E-state index contributed by atoms with van der Waals surface area (Å²) in [7, 11) is 0. The van der Waals surface area contributed by atoms with Crippen molar-refractivity contribution in [1.29, 1.82) is 0 Å². The van der Waals surface area contributed by atoms with E-state index < -0.39 is 114 Å². The Bertz CT molecular complexity index is 1980. The maximum atomic E-state index is 14.6. The zero-order valence-corrected chi connectivity index (χ0v) is 37.2. The van der Waals surface area contributed by atoms with Crippen LogP contribution < -0.4 is 32.3 Å². The van der Waals surface area contributed by atoms with E-state index in [0.717, 1.165) is 5.56 Å². The molecule has 5 rings (SSSR count). The van der Waals surface area contributed by atoms with E-state index in [1.54, 1.807) is 89.2 Å². The molecular weight excluding hydrogens is 809 g/mol. The van der Waals surface area contributed by atoms with Gasteiger partial charge in [0.15, 0.2) is 0 Å². The highest BCUT2D eigenvalue weighted by Gasteiger charge is 2.44. The van der Waals surface area contributed by atoms with E-state index in [-0.39, 0.29) is 38.8 Å². The number of carbonyl (C=O) groups excluding carboxylic acids is 8. The van der Waals surface area contributed by atoms with Crippen LogP contribution >= 0.6 is 0 Å². The molecule has 0 unspecified atom stereocenters. The first-order valence-corrected chi connectivity index (χ1v) is 22.0. The second-order valence-electron chi connectivity index (χ2n) is 17.9. The third-order valence-electron chi connectivity index (χ3n) is 11.9. The van der Waals surface area contributed by atoms with Crippen molar-refractivity contribution in [3.63, 3.8) is 0 Å². The van der Waals surface area contributed by atoms with Gasteiger partial charge in [-0.05, 0) is 70.4 Å². The number of nitrogens with one attached hydrogen (secondary N) is 5. The molecule has 0 saturated carbocycles. The molecule has 8 amide bonds. The molecular formula is C46H64N8O9. The topological polar surface area (TPSA) is 238 Å². The van der Waals surface area contributed by atoms with Gasteiger partial charge in [0.25, 0.3) is 0 Å². The average Bonchev–Trinajstić information content (AvgIpc) is 3.94. The van der Waals surface area contributed by atoms with Gasteiger partial charge in [0.05, 0.1) is 18.1 Å². The number of benzene rings is 2. The Balaban J connectivity index is 1.61. The predicted molar refractivity (Wildman–Crippen MR) is 233 cm³/mol. The molecule has 3 heterocycles. The highest BCUT2D eigenvalue weighted by molar-refractivity contribution is 6.00. The molecule has 7 N–H and O–H groups in total. The van der Waals surface area contributed by atoms with Crippen LogP contribution in [0.15, 0.2) is 60.7 Å². The number of nitrogens with two attached hydrogens (primary N) is 1. The van der Waals surface area contributed by atoms with Gasteiger partial charge in [0.2, 0.25) is 47.3 Å². The van der Waals surface area contributed by atoms with Gasteiger partial charge in [-0.1, -0.05) is 80.9 Å². The van der Waals surface area contributed by atoms with Crippen LogP contribution in [0.2, 0.25) is 0 Å². The Kier molecular flexibility index (Phi) is 16.4. The number of ether oxygens (including phenoxy) is 1. The number of amides is 8. The molecule has 17 nitrogen and oxygen atoms in total. The van der Waals surface area contributed by atoms with Gasteiger partial charge in [0, 0.05) is 25.9 Å². The third-order valence-corrected chi connectivity index (χ3v) is 11.9. The summed E-state index contributed by atoms with van der Waals surface area (Å²) >= 11 is 0. The Labute approximate surface area is 369 Å². The lowest BCUT2D eigenvalue weighted by Crippen LogP contribution is -2.63. The third kappa shape index (κ3) is 12.9. The summed E-state index contributed by atoms with van der Waals surface area (Å²) in [6, 6.07) is 9.38. The summed E-state index contributed by atoms with van der Waals surface area (Å²) in [5.41, 5.74) is 6.25. The largest absolute Gasteiger partial charge is 0.370 e. The molecule has 0 aliphatic carbocycles. The minimum absolute atomic E-state index is 0.00883. The molecule has 2 aromatic rings. The van der Waals surface area contributed by atoms with E-state index in [9.17, 15) is 38.4 Å². The van der Waals surface area contributed by atoms with Crippen LogP contribution in [-0.4, -0.2) is 124 Å². The van der Waals surface area contributed by atoms with E-state index in [2.05, 4.69) is 26.6 Å². The monoisotopic (exact) mass is 872 g/mol. The molecule has 63 heavy (non-hydrogen) atoms. The normalized spacial score (nSPS) is 26.8. The van der Waals surface area contributed by atoms with E-state index in [1.807, 2.05) is 13.0 Å². The molecule has 0 spiro atoms. The molecule has 3 fully saturated rings. The first kappa shape index (κ1) is 48.2. The van der Waals surface area contributed by atoms with Crippen LogP contribution in [-0.2, 0) is 55.9 Å². The molecule has 9 atom stereocenters. The maximum absolute atomic E-state index is 14.6. The number of hydrogen-bond acceptors (Lipinski definition) is 9. The predicted octanol–water partition coefficient (Wildman–Crippen LogP) is 1.02. The minimum Gasteiger partial charge on any atom is -0.370 e. The van der Waals surface area contributed by atoms with Crippen molar-refractivity contribution in [2.24, 2.45) is 11.7 Å². The fraction of sp³-hybridized carbons (Fsp3) is 0.565. The van der Waals surface area contributed by atoms with Crippen molar-refractivity contribution >= 4 is 47.3 Å². The van der Waals surface area contributed by atoms with Crippen LogP contribution in [0, 0.1) is 5.92 Å². The summed E-state index contributed by atoms with van der Waals surface area (Å²) in [4.78, 5) is 116. The summed E-state index contributed by atoms with van der Waals surface area (Å²) in [5, 5.41) is 14.1. The van der Waals surface area contributed by atoms with Crippen molar-refractivity contribution in [2.45, 2.75) is 147 Å². The Hall–Kier alpha value is -5.84. The van der Waals surface area contributed by atoms with Gasteiger partial charge < -0.3 is 46.9 Å². The standard InChI is InChI=1S/C46H64N8O9/c1-7-27(2)37-42(59)50-32(25-30-18-12-9-13-19-30)44(61)53-22-15-21-35(53)41(58)49-33(26-36(47)55)45(62)54-23-14-20-34(54)40(57)48-31(24-29-16-10-8-11-17-29)39(56)52-38(43(60)51-37)28(3)63-46(4,5)6/h8-13,16-19,27-28,31-35,37-38H,7,14-15,20-26H2,1-6H3,(H2,47,55)(H,48,57)(H,49,58)(H,50,59)(H,51,60)(H,52,56)/t27-,28+,31-,32-,33-,34-,35-,37-,38-/m0/s1. The molecule has 3 aliphatic rings. The summed E-state index contributed by atoms with van der Waals surface area (Å²) < 4.78 is 6.22. The summed E-state index contributed by atoms with van der Waals surface area (Å²) in [6.45, 7) is 10.9. The highest BCUT2D eigenvalue weighted by atomic mass is 16.5. The first-order valence-electron chi connectivity index (χ1n) is 22.0. The Morgan fingerprint density at radius 1 is 0.651 bits per heavy atom. The van der Waals surface area contributed by atoms with Crippen molar-refractivity contribution < 1.29 is 43.1 Å². The first-order chi connectivity index (χ1) is 29.9. The van der Waals surface area contributed by atoms with Gasteiger partial charge in [0.1, 0.15) is 42.3 Å². The zero-order valence-electron chi connectivity index (χ0n) is 37.2. The lowest BCUT2D eigenvalue weighted by Gasteiger charge is -2.34. The maximum Gasteiger partial charge on any atom is 0.246 e. The number of rotatable bonds is 10. The minimum atomic E-state index is -1.46. The van der Waals surface area contributed by atoms with Crippen LogP contribution in [0.5, 0.6) is 0 Å². The van der Waals surface area contributed by atoms with Crippen LogP contribution in [0.3, 0.4) is 0 Å². The summed E-state index contributed by atoms with van der Waals surface area (Å²) in [5.74, 6) is -6.07. The van der Waals surface area contributed by atoms with Gasteiger partial charge >= 0.3 is 0 Å². The molecule has 3 saturated heterocycles. The molecule has 0 aromatic heterocycles. The molecule has 3 aliphatic heterocycles. The van der Waals surface area contributed by atoms with Crippen molar-refractivity contribution in [1.82, 2.24) is 36.4 Å². The van der Waals surface area contributed by atoms with Crippen LogP contribution in [0.25, 0.3) is 0 Å². The highest BCUT2D eigenvalue weighted by Crippen LogP contribution is 2.24. The van der Waals surface area contributed by atoms with Gasteiger partial charge in [-0.3, -0.25) is 38.4 Å². The van der Waals surface area contributed by atoms with Crippen molar-refractivity contribution in [2.75, 3.05) is 13.1 Å². The lowest BCUT2D eigenvalue weighted by atomic mass is 9.96. The molecule has 17 heteroatoms. The lowest BCUT2D eigenvalue weighted by molar-refractivity contribution is -0.145. The second-order valence-corrected chi connectivity index (χ2v) is 17.9. The summed E-state index contributed by atoms with van der Waals surface area (Å²) in [6.07, 6.45) is 0.305. The number of primary amides is 1. The number of nitrogens with zero attached hydrogens (tertiary/aromatic N) is 2. The van der Waals surface area contributed by atoms with E-state index in [0.29, 0.717) is 24.8 Å². The molecule has 2 aromatic carbocycles. The zero-order chi connectivity index (χ0) is 46.0. The Morgan fingerprint density at radius 2 is 1.10 bits per heavy atom. The smallest absolute Gasteiger partial charge is 0.246 e. The molecule has 342 valence electrons. The number of hydrogen-bond donors (Lipinski definition) is 6. The van der Waals surface area contributed by atoms with Crippen LogP contribution in [0.4, 0.5) is 0 Å².